The molecular weight excluding hydrogens is 366 g/mol. The molecule has 0 unspecified atom stereocenters. The minimum absolute atomic E-state index is 0.228. The van der Waals surface area contributed by atoms with Crippen molar-refractivity contribution in [1.82, 2.24) is 24.1 Å². The number of hydrogen-bond donors (Lipinski definition) is 0. The minimum Gasteiger partial charge on any atom is -0.497 e. The molecule has 0 saturated carbocycles. The number of thioether (sulfide) groups is 1. The highest BCUT2D eigenvalue weighted by atomic mass is 32.2. The van der Waals surface area contributed by atoms with Crippen LogP contribution in [0, 0.1) is 0 Å². The lowest BCUT2D eigenvalue weighted by atomic mass is 10.2. The lowest BCUT2D eigenvalue weighted by molar-refractivity contribution is 0.401. The van der Waals surface area contributed by atoms with Gasteiger partial charge in [0.25, 0.3) is 11.3 Å². The Morgan fingerprint density at radius 2 is 2.04 bits per heavy atom. The van der Waals surface area contributed by atoms with Crippen molar-refractivity contribution in [3.8, 4) is 17.2 Å². The number of aromatic nitrogens is 5. The van der Waals surface area contributed by atoms with Crippen molar-refractivity contribution in [2.45, 2.75) is 12.1 Å². The Morgan fingerprint density at radius 3 is 2.78 bits per heavy atom. The van der Waals surface area contributed by atoms with E-state index in [-0.39, 0.29) is 5.56 Å². The highest BCUT2D eigenvalue weighted by molar-refractivity contribution is 7.99. The Morgan fingerprint density at radius 1 is 1.19 bits per heavy atom. The zero-order valence-corrected chi connectivity index (χ0v) is 15.9. The summed E-state index contributed by atoms with van der Waals surface area (Å²) in [4.78, 5) is 21.8. The van der Waals surface area contributed by atoms with Crippen LogP contribution in [0.4, 0.5) is 0 Å². The van der Waals surface area contributed by atoms with E-state index >= 15 is 0 Å². The minimum atomic E-state index is -0.228. The first-order chi connectivity index (χ1) is 13.2. The zero-order valence-electron chi connectivity index (χ0n) is 15.0. The maximum atomic E-state index is 13.1. The second kappa shape index (κ2) is 6.92. The topological polar surface area (TPSA) is 83.5 Å². The molecule has 0 radical (unpaired) electrons. The summed E-state index contributed by atoms with van der Waals surface area (Å²) in [6, 6.07) is 7.11. The number of pyridine rings is 1. The monoisotopic (exact) mass is 383 g/mol. The van der Waals surface area contributed by atoms with Crippen LogP contribution >= 0.6 is 11.8 Å². The van der Waals surface area contributed by atoms with E-state index in [0.717, 1.165) is 5.75 Å². The van der Waals surface area contributed by atoms with Gasteiger partial charge in [-0.2, -0.15) is 9.50 Å². The largest absolute Gasteiger partial charge is 0.497 e. The average molecular weight is 383 g/mol. The van der Waals surface area contributed by atoms with Gasteiger partial charge in [-0.25, -0.2) is 4.98 Å². The number of nitrogens with zero attached hydrogens (tertiary/aromatic N) is 5. The summed E-state index contributed by atoms with van der Waals surface area (Å²) in [6.07, 6.45) is 3.22. The van der Waals surface area contributed by atoms with Crippen molar-refractivity contribution in [2.75, 3.05) is 20.0 Å². The van der Waals surface area contributed by atoms with Crippen LogP contribution in [-0.2, 0) is 0 Å². The zero-order chi connectivity index (χ0) is 19.0. The molecule has 0 spiro atoms. The smallest absolute Gasteiger partial charge is 0.266 e. The van der Waals surface area contributed by atoms with Crippen LogP contribution in [0.5, 0.6) is 11.5 Å². The highest BCUT2D eigenvalue weighted by Crippen LogP contribution is 2.27. The summed E-state index contributed by atoms with van der Waals surface area (Å²) in [7, 11) is 3.14. The quantitative estimate of drug-likeness (QED) is 0.490. The lowest BCUT2D eigenvalue weighted by Gasteiger charge is -2.13. The third-order valence-corrected chi connectivity index (χ3v) is 4.85. The van der Waals surface area contributed by atoms with Gasteiger partial charge < -0.3 is 9.47 Å². The molecular formula is C18H17N5O3S. The second-order valence-corrected chi connectivity index (χ2v) is 6.86. The molecule has 0 saturated heterocycles. The molecule has 0 aliphatic heterocycles. The van der Waals surface area contributed by atoms with Crippen molar-refractivity contribution in [1.29, 1.82) is 0 Å². The van der Waals surface area contributed by atoms with Gasteiger partial charge in [0.1, 0.15) is 11.5 Å². The van der Waals surface area contributed by atoms with Gasteiger partial charge >= 0.3 is 0 Å². The fraction of sp³-hybridized carbons (Fsp3) is 0.222. The SMILES string of the molecule is CCSc1nc2ncc3c(=O)n(-c4cc(OC)ccc4OC)ccc3n2n1. The molecule has 0 N–H and O–H groups in total. The number of methoxy groups -OCH3 is 2. The Hall–Kier alpha value is -3.07. The number of hydrogen-bond acceptors (Lipinski definition) is 7. The molecule has 0 amide bonds. The van der Waals surface area contributed by atoms with Gasteiger partial charge in [-0.3, -0.25) is 9.36 Å². The third-order valence-electron chi connectivity index (χ3n) is 4.13. The van der Waals surface area contributed by atoms with Crippen molar-refractivity contribution >= 4 is 28.4 Å². The van der Waals surface area contributed by atoms with Crippen LogP contribution in [-0.4, -0.2) is 44.1 Å². The van der Waals surface area contributed by atoms with E-state index < -0.39 is 0 Å². The third kappa shape index (κ3) is 2.89. The fourth-order valence-corrected chi connectivity index (χ4v) is 3.41. The van der Waals surface area contributed by atoms with Crippen LogP contribution in [0.3, 0.4) is 0 Å². The summed E-state index contributed by atoms with van der Waals surface area (Å²) in [6.45, 7) is 2.03. The van der Waals surface area contributed by atoms with E-state index in [1.165, 1.54) is 22.5 Å². The predicted molar refractivity (Wildman–Crippen MR) is 103 cm³/mol. The van der Waals surface area contributed by atoms with Crippen LogP contribution in [0.15, 0.2) is 46.6 Å². The van der Waals surface area contributed by atoms with E-state index in [1.54, 1.807) is 43.1 Å². The van der Waals surface area contributed by atoms with Crippen LogP contribution in [0.25, 0.3) is 22.4 Å². The highest BCUT2D eigenvalue weighted by Gasteiger charge is 2.14. The summed E-state index contributed by atoms with van der Waals surface area (Å²) >= 11 is 1.53. The molecule has 1 aromatic carbocycles. The fourth-order valence-electron chi connectivity index (χ4n) is 2.87. The van der Waals surface area contributed by atoms with E-state index in [9.17, 15) is 4.79 Å². The van der Waals surface area contributed by atoms with Crippen molar-refractivity contribution in [3.63, 3.8) is 0 Å². The molecule has 0 bridgehead atoms. The maximum absolute atomic E-state index is 13.1. The van der Waals surface area contributed by atoms with Gasteiger partial charge in [-0.1, -0.05) is 18.7 Å². The molecule has 0 atom stereocenters. The summed E-state index contributed by atoms with van der Waals surface area (Å²) in [5, 5.41) is 5.52. The molecule has 27 heavy (non-hydrogen) atoms. The molecule has 3 heterocycles. The summed E-state index contributed by atoms with van der Waals surface area (Å²) < 4.78 is 13.8. The van der Waals surface area contributed by atoms with Gasteiger partial charge in [-0.05, 0) is 24.0 Å². The first kappa shape index (κ1) is 17.3. The standard InChI is InChI=1S/C18H17N5O3S/c1-4-27-18-20-17-19-10-12-13(23(17)21-18)7-8-22(16(12)24)14-9-11(25-2)5-6-15(14)26-3/h5-10H,4H2,1-3H3. The van der Waals surface area contributed by atoms with E-state index in [4.69, 9.17) is 9.47 Å². The van der Waals surface area contributed by atoms with Crippen molar-refractivity contribution < 1.29 is 9.47 Å². The maximum Gasteiger partial charge on any atom is 0.266 e. The molecule has 4 rings (SSSR count). The molecule has 0 fully saturated rings. The Kier molecular flexibility index (Phi) is 4.44. The first-order valence-electron chi connectivity index (χ1n) is 8.28. The molecule has 138 valence electrons. The van der Waals surface area contributed by atoms with Crippen LogP contribution in [0.2, 0.25) is 0 Å². The van der Waals surface area contributed by atoms with E-state index in [2.05, 4.69) is 15.1 Å². The van der Waals surface area contributed by atoms with Crippen LogP contribution in [0.1, 0.15) is 6.92 Å². The summed E-state index contributed by atoms with van der Waals surface area (Å²) in [5.74, 6) is 2.52. The second-order valence-electron chi connectivity index (χ2n) is 5.62. The van der Waals surface area contributed by atoms with Gasteiger partial charge in [0.15, 0.2) is 0 Å². The molecule has 3 aromatic heterocycles. The first-order valence-corrected chi connectivity index (χ1v) is 9.27. The number of ether oxygens (including phenoxy) is 2. The normalized spacial score (nSPS) is 11.2. The van der Waals surface area contributed by atoms with E-state index in [1.807, 2.05) is 13.0 Å². The Balaban J connectivity index is 1.96. The van der Waals surface area contributed by atoms with Gasteiger partial charge in [-0.15, -0.1) is 5.10 Å². The molecule has 4 aromatic rings. The van der Waals surface area contributed by atoms with Gasteiger partial charge in [0.05, 0.1) is 30.8 Å². The molecule has 0 aliphatic carbocycles. The van der Waals surface area contributed by atoms with Gasteiger partial charge in [0, 0.05) is 18.5 Å². The van der Waals surface area contributed by atoms with E-state index in [0.29, 0.717) is 39.0 Å². The Bertz CT molecular complexity index is 1200. The Labute approximate surface area is 158 Å². The molecule has 9 heteroatoms. The van der Waals surface area contributed by atoms with Crippen molar-refractivity contribution in [3.05, 3.63) is 47.0 Å². The number of benzene rings is 1. The number of rotatable bonds is 5. The molecule has 0 aliphatic rings. The number of fused-ring (bicyclic) bond motifs is 3. The van der Waals surface area contributed by atoms with Crippen LogP contribution < -0.4 is 15.0 Å². The van der Waals surface area contributed by atoms with Gasteiger partial charge in [0.2, 0.25) is 5.16 Å². The predicted octanol–water partition coefficient (Wildman–Crippen LogP) is 2.56. The van der Waals surface area contributed by atoms with Crippen molar-refractivity contribution in [2.24, 2.45) is 0 Å². The molecule has 8 nitrogen and oxygen atoms in total. The average Bonchev–Trinajstić information content (AvgIpc) is 3.11. The summed E-state index contributed by atoms with van der Waals surface area (Å²) in [5.41, 5.74) is 1.01. The lowest BCUT2D eigenvalue weighted by Crippen LogP contribution is -2.19.